The number of nitrogens with one attached hydrogen (secondary N) is 1. The van der Waals surface area contributed by atoms with Crippen LogP contribution in [0.25, 0.3) is 0 Å². The summed E-state index contributed by atoms with van der Waals surface area (Å²) in [5.74, 6) is -0.991. The number of esters is 1. The fourth-order valence-corrected chi connectivity index (χ4v) is 1.89. The van der Waals surface area contributed by atoms with Gasteiger partial charge >= 0.3 is 5.97 Å². The zero-order valence-electron chi connectivity index (χ0n) is 11.3. The fourth-order valence-electron chi connectivity index (χ4n) is 1.40. The third-order valence-corrected chi connectivity index (χ3v) is 3.16. The molecule has 1 atom stereocenters. The van der Waals surface area contributed by atoms with Gasteiger partial charge in [-0.3, -0.25) is 4.79 Å². The van der Waals surface area contributed by atoms with E-state index in [4.69, 9.17) is 15.2 Å². The average molecular weight is 392 g/mol. The molecular formula is C13H17IN2O4. The summed E-state index contributed by atoms with van der Waals surface area (Å²) in [7, 11) is 1.54. The molecule has 0 saturated carbocycles. The van der Waals surface area contributed by atoms with Crippen LogP contribution in [0.4, 0.5) is 5.69 Å². The van der Waals surface area contributed by atoms with Gasteiger partial charge in [-0.15, -0.1) is 0 Å². The normalized spacial score (nSPS) is 11.8. The van der Waals surface area contributed by atoms with E-state index in [1.165, 1.54) is 14.0 Å². The number of methoxy groups -OCH3 is 1. The van der Waals surface area contributed by atoms with Gasteiger partial charge in [0.25, 0.3) is 5.91 Å². The Morgan fingerprint density at radius 2 is 2.15 bits per heavy atom. The molecule has 0 saturated heterocycles. The van der Waals surface area contributed by atoms with Crippen molar-refractivity contribution in [2.24, 2.45) is 0 Å². The van der Waals surface area contributed by atoms with E-state index in [-0.39, 0.29) is 11.5 Å². The van der Waals surface area contributed by atoms with Gasteiger partial charge in [-0.25, -0.2) is 4.79 Å². The van der Waals surface area contributed by atoms with Crippen LogP contribution in [0, 0.1) is 3.57 Å². The maximum Gasteiger partial charge on any atom is 0.341 e. The van der Waals surface area contributed by atoms with Gasteiger partial charge in [0.2, 0.25) is 0 Å². The van der Waals surface area contributed by atoms with Crippen molar-refractivity contribution < 1.29 is 19.1 Å². The second kappa shape index (κ2) is 8.05. The number of ether oxygens (including phenoxy) is 2. The maximum atomic E-state index is 12.0. The summed E-state index contributed by atoms with van der Waals surface area (Å²) in [5.41, 5.74) is 6.30. The predicted octanol–water partition coefficient (Wildman–Crippen LogP) is 1.18. The van der Waals surface area contributed by atoms with Crippen LogP contribution >= 0.6 is 22.6 Å². The number of carbonyl (C=O) groups excluding carboxylic acids is 2. The first-order chi connectivity index (χ1) is 9.45. The topological polar surface area (TPSA) is 90.6 Å². The first-order valence-corrected chi connectivity index (χ1v) is 7.06. The van der Waals surface area contributed by atoms with Gasteiger partial charge in [0.15, 0.2) is 6.10 Å². The molecule has 7 heteroatoms. The zero-order valence-corrected chi connectivity index (χ0v) is 13.5. The Hall–Kier alpha value is -1.35. The van der Waals surface area contributed by atoms with Crippen molar-refractivity contribution in [2.75, 3.05) is 26.0 Å². The van der Waals surface area contributed by atoms with Crippen LogP contribution in [0.15, 0.2) is 18.2 Å². The minimum Gasteiger partial charge on any atom is -0.449 e. The lowest BCUT2D eigenvalue weighted by atomic mass is 10.2. The molecule has 1 aromatic rings. The molecule has 6 nitrogen and oxygen atoms in total. The molecule has 3 N–H and O–H groups in total. The number of nitrogen functional groups attached to an aromatic ring is 1. The smallest absolute Gasteiger partial charge is 0.341 e. The number of benzene rings is 1. The first-order valence-electron chi connectivity index (χ1n) is 5.98. The zero-order chi connectivity index (χ0) is 15.1. The highest BCUT2D eigenvalue weighted by molar-refractivity contribution is 14.1. The van der Waals surface area contributed by atoms with Gasteiger partial charge < -0.3 is 20.5 Å². The standard InChI is InChI=1S/C13H17IN2O4/c1-8(12(17)16-5-6-19-2)20-13(18)10-7-9(14)3-4-11(10)15/h3-4,7-8H,5-6,15H2,1-2H3,(H,16,17)/t8-/m1/s1. The Morgan fingerprint density at radius 3 is 2.80 bits per heavy atom. The van der Waals surface area contributed by atoms with Crippen LogP contribution in [0.1, 0.15) is 17.3 Å². The van der Waals surface area contributed by atoms with Crippen LogP contribution < -0.4 is 11.1 Å². The molecule has 0 radical (unpaired) electrons. The molecule has 0 aromatic heterocycles. The van der Waals surface area contributed by atoms with Crippen molar-refractivity contribution in [1.82, 2.24) is 5.32 Å². The van der Waals surface area contributed by atoms with E-state index in [1.807, 2.05) is 0 Å². The minimum atomic E-state index is -0.892. The van der Waals surface area contributed by atoms with Gasteiger partial charge in [0.05, 0.1) is 12.2 Å². The second-order valence-corrected chi connectivity index (χ2v) is 5.31. The number of anilines is 1. The lowest BCUT2D eigenvalue weighted by Gasteiger charge is -2.14. The van der Waals surface area contributed by atoms with Crippen LogP contribution in [0.5, 0.6) is 0 Å². The van der Waals surface area contributed by atoms with Crippen molar-refractivity contribution in [3.05, 3.63) is 27.3 Å². The number of nitrogens with two attached hydrogens (primary N) is 1. The van der Waals surface area contributed by atoms with Crippen LogP contribution in [0.2, 0.25) is 0 Å². The highest BCUT2D eigenvalue weighted by atomic mass is 127. The number of hydrogen-bond acceptors (Lipinski definition) is 5. The molecule has 0 bridgehead atoms. The Labute approximate surface area is 131 Å². The molecule has 0 spiro atoms. The Kier molecular flexibility index (Phi) is 6.73. The van der Waals surface area contributed by atoms with E-state index in [2.05, 4.69) is 27.9 Å². The third-order valence-electron chi connectivity index (χ3n) is 2.49. The number of amides is 1. The molecule has 0 aliphatic rings. The molecule has 1 aromatic carbocycles. The number of hydrogen-bond donors (Lipinski definition) is 2. The molecule has 0 unspecified atom stereocenters. The Morgan fingerprint density at radius 1 is 1.45 bits per heavy atom. The molecule has 0 fully saturated rings. The van der Waals surface area contributed by atoms with Gasteiger partial charge in [-0.2, -0.15) is 0 Å². The molecule has 20 heavy (non-hydrogen) atoms. The van der Waals surface area contributed by atoms with Crippen molar-refractivity contribution in [3.8, 4) is 0 Å². The van der Waals surface area contributed by atoms with E-state index in [9.17, 15) is 9.59 Å². The van der Waals surface area contributed by atoms with Crippen molar-refractivity contribution in [2.45, 2.75) is 13.0 Å². The molecule has 0 heterocycles. The van der Waals surface area contributed by atoms with Crippen molar-refractivity contribution in [1.29, 1.82) is 0 Å². The second-order valence-electron chi connectivity index (χ2n) is 4.06. The number of carbonyl (C=O) groups is 2. The average Bonchev–Trinajstić information content (AvgIpc) is 2.41. The van der Waals surface area contributed by atoms with Gasteiger partial charge in [0, 0.05) is 22.9 Å². The first kappa shape index (κ1) is 16.7. The molecule has 0 aliphatic carbocycles. The fraction of sp³-hybridized carbons (Fsp3) is 0.385. The molecule has 1 rings (SSSR count). The summed E-state index contributed by atoms with van der Waals surface area (Å²) in [6.07, 6.45) is -0.892. The van der Waals surface area contributed by atoms with E-state index < -0.39 is 12.1 Å². The summed E-state index contributed by atoms with van der Waals surface area (Å²) in [4.78, 5) is 23.6. The highest BCUT2D eigenvalue weighted by Gasteiger charge is 2.20. The Bertz CT molecular complexity index is 493. The lowest BCUT2D eigenvalue weighted by molar-refractivity contribution is -0.129. The quantitative estimate of drug-likeness (QED) is 0.329. The number of halogens is 1. The predicted molar refractivity (Wildman–Crippen MR) is 83.3 cm³/mol. The molecule has 0 aliphatic heterocycles. The van der Waals surface area contributed by atoms with Crippen LogP contribution in [-0.4, -0.2) is 38.2 Å². The van der Waals surface area contributed by atoms with E-state index in [0.29, 0.717) is 18.8 Å². The largest absolute Gasteiger partial charge is 0.449 e. The number of rotatable bonds is 6. The minimum absolute atomic E-state index is 0.258. The third kappa shape index (κ3) is 4.97. The van der Waals surface area contributed by atoms with Gasteiger partial charge in [0.1, 0.15) is 0 Å². The van der Waals surface area contributed by atoms with Crippen LogP contribution in [-0.2, 0) is 14.3 Å². The summed E-state index contributed by atoms with van der Waals surface area (Å²) >= 11 is 2.07. The summed E-state index contributed by atoms with van der Waals surface area (Å²) in [6.45, 7) is 2.27. The maximum absolute atomic E-state index is 12.0. The Balaban J connectivity index is 2.61. The lowest BCUT2D eigenvalue weighted by Crippen LogP contribution is -2.37. The van der Waals surface area contributed by atoms with E-state index >= 15 is 0 Å². The van der Waals surface area contributed by atoms with Gasteiger partial charge in [-0.05, 0) is 47.7 Å². The van der Waals surface area contributed by atoms with Crippen LogP contribution in [0.3, 0.4) is 0 Å². The SMILES string of the molecule is COCCNC(=O)[C@@H](C)OC(=O)c1cc(I)ccc1N. The monoisotopic (exact) mass is 392 g/mol. The summed E-state index contributed by atoms with van der Waals surface area (Å²) < 4.78 is 10.8. The summed E-state index contributed by atoms with van der Waals surface area (Å²) in [6, 6.07) is 5.03. The summed E-state index contributed by atoms with van der Waals surface area (Å²) in [5, 5.41) is 2.59. The molecule has 1 amide bonds. The van der Waals surface area contributed by atoms with Gasteiger partial charge in [-0.1, -0.05) is 0 Å². The van der Waals surface area contributed by atoms with Crippen molar-refractivity contribution >= 4 is 40.2 Å². The highest BCUT2D eigenvalue weighted by Crippen LogP contribution is 2.17. The molecular weight excluding hydrogens is 375 g/mol. The van der Waals surface area contributed by atoms with E-state index in [1.54, 1.807) is 18.2 Å². The molecule has 110 valence electrons. The van der Waals surface area contributed by atoms with E-state index in [0.717, 1.165) is 3.57 Å². The van der Waals surface area contributed by atoms with Crippen molar-refractivity contribution in [3.63, 3.8) is 0 Å².